The molecule has 0 aliphatic rings. The number of hydrogen-bond acceptors (Lipinski definition) is 4. The van der Waals surface area contributed by atoms with Crippen molar-refractivity contribution in [3.8, 4) is 11.5 Å². The molecule has 2 rings (SSSR count). The summed E-state index contributed by atoms with van der Waals surface area (Å²) in [7, 11) is -4.14. The van der Waals surface area contributed by atoms with Gasteiger partial charge in [0.1, 0.15) is 17.1 Å². The lowest BCUT2D eigenvalue weighted by atomic mass is 10.2. The van der Waals surface area contributed by atoms with Gasteiger partial charge in [-0.15, -0.1) is 0 Å². The Morgan fingerprint density at radius 2 is 1.22 bits per heavy atom. The second-order valence-electron chi connectivity index (χ2n) is 10.3. The average Bonchev–Trinajstić information content (AvgIpc) is 2.45. The van der Waals surface area contributed by atoms with Crippen LogP contribution in [0.1, 0.15) is 41.5 Å². The molecule has 0 spiro atoms. The molecule has 0 fully saturated rings. The summed E-state index contributed by atoms with van der Waals surface area (Å²) in [5.74, 6) is 1.42. The minimum absolute atomic E-state index is 0.0493. The molecular formula is C21H34O4Si2. The van der Waals surface area contributed by atoms with Gasteiger partial charge in [-0.25, -0.2) is 4.79 Å². The van der Waals surface area contributed by atoms with E-state index in [-0.39, 0.29) is 15.7 Å². The molecule has 150 valence electrons. The number of rotatable bonds is 4. The summed E-state index contributed by atoms with van der Waals surface area (Å²) in [5.41, 5.74) is 0.164. The van der Waals surface area contributed by atoms with Crippen LogP contribution in [-0.2, 0) is 0 Å². The van der Waals surface area contributed by atoms with Crippen LogP contribution in [0.3, 0.4) is 0 Å². The van der Waals surface area contributed by atoms with Gasteiger partial charge >= 0.3 is 5.63 Å². The van der Waals surface area contributed by atoms with Crippen molar-refractivity contribution in [2.45, 2.75) is 77.8 Å². The normalized spacial score (nSPS) is 13.7. The Bertz CT molecular complexity index is 884. The fourth-order valence-electron chi connectivity index (χ4n) is 2.09. The van der Waals surface area contributed by atoms with E-state index in [0.717, 1.165) is 11.1 Å². The van der Waals surface area contributed by atoms with Crippen LogP contribution in [0.15, 0.2) is 33.5 Å². The molecule has 0 saturated heterocycles. The molecule has 0 aliphatic carbocycles. The molecule has 27 heavy (non-hydrogen) atoms. The maximum atomic E-state index is 11.7. The summed E-state index contributed by atoms with van der Waals surface area (Å²) in [5, 5.41) is 0.957. The Kier molecular flexibility index (Phi) is 5.49. The first-order valence-corrected chi connectivity index (χ1v) is 15.3. The van der Waals surface area contributed by atoms with Crippen LogP contribution in [0.2, 0.25) is 36.3 Å². The van der Waals surface area contributed by atoms with Gasteiger partial charge < -0.3 is 13.3 Å². The summed E-state index contributed by atoms with van der Waals surface area (Å²) in [6, 6.07) is 6.98. The third kappa shape index (κ3) is 4.66. The van der Waals surface area contributed by atoms with Crippen LogP contribution in [0.5, 0.6) is 11.5 Å². The van der Waals surface area contributed by atoms with E-state index in [1.807, 2.05) is 12.1 Å². The Hall–Kier alpha value is -1.54. The highest BCUT2D eigenvalue weighted by Gasteiger charge is 2.42. The lowest BCUT2D eigenvalue weighted by Crippen LogP contribution is -2.45. The third-order valence-electron chi connectivity index (χ3n) is 6.03. The van der Waals surface area contributed by atoms with Crippen molar-refractivity contribution >= 4 is 27.6 Å². The smallest absolute Gasteiger partial charge is 0.336 e. The second-order valence-corrected chi connectivity index (χ2v) is 19.8. The summed E-state index contributed by atoms with van der Waals surface area (Å²) in [4.78, 5) is 11.7. The predicted molar refractivity (Wildman–Crippen MR) is 118 cm³/mol. The Labute approximate surface area is 165 Å². The lowest BCUT2D eigenvalue weighted by Gasteiger charge is -2.39. The highest BCUT2D eigenvalue weighted by atomic mass is 28.4. The summed E-state index contributed by atoms with van der Waals surface area (Å²) < 4.78 is 18.6. The summed E-state index contributed by atoms with van der Waals surface area (Å²) >= 11 is 0. The predicted octanol–water partition coefficient (Wildman–Crippen LogP) is 6.56. The first-order chi connectivity index (χ1) is 12.0. The van der Waals surface area contributed by atoms with Crippen LogP contribution >= 0.6 is 0 Å². The second kappa shape index (κ2) is 6.81. The average molecular weight is 407 g/mol. The van der Waals surface area contributed by atoms with Gasteiger partial charge in [0.2, 0.25) is 0 Å². The Morgan fingerprint density at radius 1 is 0.778 bits per heavy atom. The molecule has 0 saturated carbocycles. The van der Waals surface area contributed by atoms with Crippen molar-refractivity contribution in [1.29, 1.82) is 0 Å². The molecule has 0 unspecified atom stereocenters. The van der Waals surface area contributed by atoms with Crippen molar-refractivity contribution in [2.75, 3.05) is 0 Å². The van der Waals surface area contributed by atoms with E-state index in [0.29, 0.717) is 11.3 Å². The number of fused-ring (bicyclic) bond motifs is 1. The largest absolute Gasteiger partial charge is 0.541 e. The SMILES string of the molecule is CC(C)(C)[Si](C)(C)Oc1cc2ccc(=O)oc2cc1O[Si](C)(C)C(C)(C)C. The maximum absolute atomic E-state index is 11.7. The van der Waals surface area contributed by atoms with E-state index in [9.17, 15) is 4.79 Å². The molecular weight excluding hydrogens is 372 g/mol. The van der Waals surface area contributed by atoms with Crippen LogP contribution in [0, 0.1) is 0 Å². The molecule has 0 aliphatic heterocycles. The lowest BCUT2D eigenvalue weighted by molar-refractivity contribution is 0.440. The number of benzene rings is 1. The van der Waals surface area contributed by atoms with Gasteiger partial charge in [0, 0.05) is 17.5 Å². The molecule has 1 aromatic heterocycles. The fraction of sp³-hybridized carbons (Fsp3) is 0.571. The zero-order valence-electron chi connectivity index (χ0n) is 18.4. The molecule has 0 atom stereocenters. The Balaban J connectivity index is 2.62. The highest BCUT2D eigenvalue weighted by molar-refractivity contribution is 6.75. The minimum atomic E-state index is -2.08. The molecule has 2 aromatic rings. The highest BCUT2D eigenvalue weighted by Crippen LogP contribution is 2.44. The molecule has 0 amide bonds. The van der Waals surface area contributed by atoms with E-state index >= 15 is 0 Å². The van der Waals surface area contributed by atoms with E-state index in [4.69, 9.17) is 13.3 Å². The van der Waals surface area contributed by atoms with Crippen molar-refractivity contribution in [3.63, 3.8) is 0 Å². The molecule has 0 N–H and O–H groups in total. The van der Waals surface area contributed by atoms with Gasteiger partial charge in [0.05, 0.1) is 0 Å². The zero-order valence-corrected chi connectivity index (χ0v) is 20.4. The fourth-order valence-corrected chi connectivity index (χ4v) is 4.12. The molecule has 6 heteroatoms. The molecule has 0 bridgehead atoms. The van der Waals surface area contributed by atoms with Gasteiger partial charge in [-0.3, -0.25) is 0 Å². The topological polar surface area (TPSA) is 48.7 Å². The van der Waals surface area contributed by atoms with E-state index in [2.05, 4.69) is 67.7 Å². The van der Waals surface area contributed by atoms with Gasteiger partial charge in [-0.05, 0) is 48.4 Å². The number of hydrogen-bond donors (Lipinski definition) is 0. The molecule has 1 heterocycles. The van der Waals surface area contributed by atoms with Crippen molar-refractivity contribution < 1.29 is 13.3 Å². The van der Waals surface area contributed by atoms with Crippen LogP contribution in [0.25, 0.3) is 11.0 Å². The first-order valence-electron chi connectivity index (χ1n) is 9.49. The molecule has 0 radical (unpaired) electrons. The van der Waals surface area contributed by atoms with Crippen molar-refractivity contribution in [3.05, 3.63) is 34.7 Å². The monoisotopic (exact) mass is 406 g/mol. The van der Waals surface area contributed by atoms with E-state index in [1.54, 1.807) is 6.07 Å². The zero-order chi connectivity index (χ0) is 20.8. The van der Waals surface area contributed by atoms with E-state index in [1.165, 1.54) is 6.07 Å². The van der Waals surface area contributed by atoms with Gasteiger partial charge in [-0.1, -0.05) is 41.5 Å². The van der Waals surface area contributed by atoms with Crippen LogP contribution in [0.4, 0.5) is 0 Å². The van der Waals surface area contributed by atoms with E-state index < -0.39 is 16.6 Å². The quantitative estimate of drug-likeness (QED) is 0.426. The molecule has 4 nitrogen and oxygen atoms in total. The minimum Gasteiger partial charge on any atom is -0.541 e. The van der Waals surface area contributed by atoms with Crippen molar-refractivity contribution in [1.82, 2.24) is 0 Å². The van der Waals surface area contributed by atoms with Gasteiger partial charge in [0.15, 0.2) is 0 Å². The standard InChI is InChI=1S/C21H34O4Si2/c1-20(2,3)26(7,8)24-17-13-15-11-12-19(22)23-16(15)14-18(17)25-27(9,10)21(4,5)6/h11-14H,1-10H3. The van der Waals surface area contributed by atoms with Gasteiger partial charge in [-0.2, -0.15) is 0 Å². The van der Waals surface area contributed by atoms with Gasteiger partial charge in [0.25, 0.3) is 16.6 Å². The summed E-state index contributed by atoms with van der Waals surface area (Å²) in [6.45, 7) is 22.1. The van der Waals surface area contributed by atoms with Crippen molar-refractivity contribution in [2.24, 2.45) is 0 Å². The van der Waals surface area contributed by atoms with Crippen LogP contribution < -0.4 is 14.5 Å². The third-order valence-corrected chi connectivity index (χ3v) is 14.7. The Morgan fingerprint density at radius 3 is 1.67 bits per heavy atom. The maximum Gasteiger partial charge on any atom is 0.336 e. The summed E-state index contributed by atoms with van der Waals surface area (Å²) in [6.07, 6.45) is 0. The molecule has 1 aromatic carbocycles. The van der Waals surface area contributed by atoms with Crippen LogP contribution in [-0.4, -0.2) is 16.6 Å². The first kappa shape index (κ1) is 21.8.